The first-order valence-corrected chi connectivity index (χ1v) is 8.28. The van der Waals surface area contributed by atoms with Gasteiger partial charge in [0.1, 0.15) is 11.6 Å². The highest BCUT2D eigenvalue weighted by molar-refractivity contribution is 7.98. The smallest absolute Gasteiger partial charge is 0.191 e. The molecule has 0 radical (unpaired) electrons. The van der Waals surface area contributed by atoms with E-state index in [1.54, 1.807) is 11.8 Å². The molecular formula is C14H24N4S. The van der Waals surface area contributed by atoms with Crippen LogP contribution in [0.5, 0.6) is 0 Å². The molecule has 0 bridgehead atoms. The number of hydrogen-bond acceptors (Lipinski definition) is 5. The molecule has 1 heterocycles. The van der Waals surface area contributed by atoms with Crippen molar-refractivity contribution in [2.75, 3.05) is 30.5 Å². The average Bonchev–Trinajstić information content (AvgIpc) is 2.46. The van der Waals surface area contributed by atoms with E-state index in [0.29, 0.717) is 0 Å². The first-order chi connectivity index (χ1) is 9.21. The maximum absolute atomic E-state index is 4.50. The molecule has 0 aromatic carbocycles. The molecule has 0 aliphatic heterocycles. The Morgan fingerprint density at radius 2 is 1.89 bits per heavy atom. The van der Waals surface area contributed by atoms with E-state index in [-0.39, 0.29) is 0 Å². The van der Waals surface area contributed by atoms with Crippen molar-refractivity contribution >= 4 is 23.4 Å². The Bertz CT molecular complexity index is 380. The lowest BCUT2D eigenvalue weighted by Gasteiger charge is -2.26. The van der Waals surface area contributed by atoms with Gasteiger partial charge >= 0.3 is 0 Å². The Hall–Kier alpha value is -0.970. The second-order valence-electron chi connectivity index (χ2n) is 5.38. The zero-order valence-corrected chi connectivity index (χ0v) is 12.9. The topological polar surface area (TPSA) is 49.8 Å². The molecule has 1 aromatic heterocycles. The predicted octanol–water partition coefficient (Wildman–Crippen LogP) is 3.48. The Balaban J connectivity index is 1.91. The molecule has 5 heteroatoms. The number of hydrogen-bond donors (Lipinski definition) is 2. The van der Waals surface area contributed by atoms with Gasteiger partial charge in [0.2, 0.25) is 0 Å². The van der Waals surface area contributed by atoms with E-state index in [9.17, 15) is 0 Å². The van der Waals surface area contributed by atoms with Crippen molar-refractivity contribution in [3.8, 4) is 0 Å². The minimum Gasteiger partial charge on any atom is -0.373 e. The molecule has 2 rings (SSSR count). The maximum Gasteiger partial charge on any atom is 0.191 e. The SMILES string of the molecule is CNc1cc(NCC2CCC(C)CC2)nc(SC)n1. The van der Waals surface area contributed by atoms with E-state index in [0.717, 1.165) is 35.2 Å². The van der Waals surface area contributed by atoms with Gasteiger partial charge < -0.3 is 10.6 Å². The molecule has 1 fully saturated rings. The molecule has 1 aromatic rings. The summed E-state index contributed by atoms with van der Waals surface area (Å²) >= 11 is 1.57. The van der Waals surface area contributed by atoms with E-state index < -0.39 is 0 Å². The van der Waals surface area contributed by atoms with Gasteiger partial charge in [0.05, 0.1) is 0 Å². The third-order valence-corrected chi connectivity index (χ3v) is 4.40. The van der Waals surface area contributed by atoms with Gasteiger partial charge in [-0.1, -0.05) is 31.5 Å². The van der Waals surface area contributed by atoms with E-state index in [2.05, 4.69) is 27.5 Å². The van der Waals surface area contributed by atoms with Crippen molar-refractivity contribution in [1.29, 1.82) is 0 Å². The summed E-state index contributed by atoms with van der Waals surface area (Å²) in [5, 5.41) is 7.37. The summed E-state index contributed by atoms with van der Waals surface area (Å²) in [6, 6.07) is 1.98. The van der Waals surface area contributed by atoms with Crippen molar-refractivity contribution in [2.24, 2.45) is 11.8 Å². The van der Waals surface area contributed by atoms with Crippen molar-refractivity contribution in [3.05, 3.63) is 6.07 Å². The van der Waals surface area contributed by atoms with E-state index in [1.807, 2.05) is 19.4 Å². The van der Waals surface area contributed by atoms with Crippen LogP contribution in [0, 0.1) is 11.8 Å². The molecule has 106 valence electrons. The molecule has 1 aliphatic carbocycles. The highest BCUT2D eigenvalue weighted by Gasteiger charge is 2.18. The van der Waals surface area contributed by atoms with Crippen molar-refractivity contribution in [2.45, 2.75) is 37.8 Å². The third-order valence-electron chi connectivity index (χ3n) is 3.85. The Labute approximate surface area is 120 Å². The summed E-state index contributed by atoms with van der Waals surface area (Å²) in [5.41, 5.74) is 0. The molecule has 2 N–H and O–H groups in total. The lowest BCUT2D eigenvalue weighted by atomic mass is 9.83. The largest absolute Gasteiger partial charge is 0.373 e. The van der Waals surface area contributed by atoms with E-state index in [4.69, 9.17) is 0 Å². The van der Waals surface area contributed by atoms with Crippen molar-refractivity contribution in [1.82, 2.24) is 9.97 Å². The average molecular weight is 280 g/mol. The fourth-order valence-electron chi connectivity index (χ4n) is 2.52. The van der Waals surface area contributed by atoms with Crippen LogP contribution in [0.2, 0.25) is 0 Å². The number of thioether (sulfide) groups is 1. The number of nitrogens with zero attached hydrogens (tertiary/aromatic N) is 2. The fraction of sp³-hybridized carbons (Fsp3) is 0.714. The van der Waals surface area contributed by atoms with Gasteiger partial charge in [-0.15, -0.1) is 0 Å². The van der Waals surface area contributed by atoms with Crippen LogP contribution in [0.1, 0.15) is 32.6 Å². The second kappa shape index (κ2) is 6.98. The standard InChI is InChI=1S/C14H24N4S/c1-10-4-6-11(7-5-10)9-16-13-8-12(15-2)17-14(18-13)19-3/h8,10-11H,4-7,9H2,1-3H3,(H2,15,16,17,18). The zero-order valence-electron chi connectivity index (χ0n) is 12.1. The third kappa shape index (κ3) is 4.27. The molecule has 1 aliphatic rings. The predicted molar refractivity (Wildman–Crippen MR) is 83.0 cm³/mol. The summed E-state index contributed by atoms with van der Waals surface area (Å²) in [5.74, 6) is 3.51. The molecule has 0 atom stereocenters. The van der Waals surface area contributed by atoms with Gasteiger partial charge in [-0.05, 0) is 30.9 Å². The molecule has 19 heavy (non-hydrogen) atoms. The first-order valence-electron chi connectivity index (χ1n) is 7.06. The summed E-state index contributed by atoms with van der Waals surface area (Å²) in [6.45, 7) is 3.39. The Morgan fingerprint density at radius 3 is 2.53 bits per heavy atom. The van der Waals surface area contributed by atoms with Crippen LogP contribution in [0.15, 0.2) is 11.2 Å². The van der Waals surface area contributed by atoms with E-state index in [1.165, 1.54) is 25.7 Å². The zero-order chi connectivity index (χ0) is 13.7. The first kappa shape index (κ1) is 14.4. The summed E-state index contributed by atoms with van der Waals surface area (Å²) in [4.78, 5) is 8.88. The van der Waals surface area contributed by atoms with Crippen molar-refractivity contribution < 1.29 is 0 Å². The molecule has 0 amide bonds. The van der Waals surface area contributed by atoms with Crippen LogP contribution in [0.4, 0.5) is 11.6 Å². The van der Waals surface area contributed by atoms with Gasteiger partial charge in [0.15, 0.2) is 5.16 Å². The van der Waals surface area contributed by atoms with Crippen LogP contribution in [0.3, 0.4) is 0 Å². The minimum absolute atomic E-state index is 0.793. The van der Waals surface area contributed by atoms with Gasteiger partial charge in [-0.3, -0.25) is 0 Å². The molecule has 0 spiro atoms. The highest BCUT2D eigenvalue weighted by atomic mass is 32.2. The van der Waals surface area contributed by atoms with Gasteiger partial charge in [-0.2, -0.15) is 0 Å². The van der Waals surface area contributed by atoms with Crippen molar-refractivity contribution in [3.63, 3.8) is 0 Å². The summed E-state index contributed by atoms with van der Waals surface area (Å²) in [6.07, 6.45) is 7.42. The normalized spacial score (nSPS) is 23.1. The summed E-state index contributed by atoms with van der Waals surface area (Å²) < 4.78 is 0. The molecule has 0 unspecified atom stereocenters. The van der Waals surface area contributed by atoms with Crippen LogP contribution in [0.25, 0.3) is 0 Å². The lowest BCUT2D eigenvalue weighted by molar-refractivity contribution is 0.300. The molecule has 0 saturated heterocycles. The summed E-state index contributed by atoms with van der Waals surface area (Å²) in [7, 11) is 1.89. The monoisotopic (exact) mass is 280 g/mol. The van der Waals surface area contributed by atoms with Gasteiger partial charge in [0, 0.05) is 19.7 Å². The Morgan fingerprint density at radius 1 is 1.21 bits per heavy atom. The van der Waals surface area contributed by atoms with E-state index >= 15 is 0 Å². The number of nitrogens with one attached hydrogen (secondary N) is 2. The molecule has 4 nitrogen and oxygen atoms in total. The van der Waals surface area contributed by atoms with Crippen LogP contribution >= 0.6 is 11.8 Å². The van der Waals surface area contributed by atoms with Crippen LogP contribution < -0.4 is 10.6 Å². The second-order valence-corrected chi connectivity index (χ2v) is 6.16. The maximum atomic E-state index is 4.50. The van der Waals surface area contributed by atoms with Crippen LogP contribution in [-0.2, 0) is 0 Å². The number of anilines is 2. The van der Waals surface area contributed by atoms with Crippen LogP contribution in [-0.4, -0.2) is 29.8 Å². The Kier molecular flexibility index (Phi) is 5.31. The minimum atomic E-state index is 0.793. The quantitative estimate of drug-likeness (QED) is 0.639. The molecule has 1 saturated carbocycles. The number of aromatic nitrogens is 2. The van der Waals surface area contributed by atoms with Gasteiger partial charge in [0.25, 0.3) is 0 Å². The number of rotatable bonds is 5. The molecular weight excluding hydrogens is 256 g/mol. The highest BCUT2D eigenvalue weighted by Crippen LogP contribution is 2.28. The van der Waals surface area contributed by atoms with Gasteiger partial charge in [-0.25, -0.2) is 9.97 Å². The lowest BCUT2D eigenvalue weighted by Crippen LogP contribution is -2.20. The fourth-order valence-corrected chi connectivity index (χ4v) is 2.90.